The van der Waals surface area contributed by atoms with Crippen molar-refractivity contribution < 1.29 is 0 Å². The highest BCUT2D eigenvalue weighted by atomic mass is 79.9. The molecular weight excluding hydrogens is 328 g/mol. The second-order valence-corrected chi connectivity index (χ2v) is 5.99. The van der Waals surface area contributed by atoms with Gasteiger partial charge >= 0.3 is 0 Å². The molecule has 2 unspecified atom stereocenters. The van der Waals surface area contributed by atoms with Gasteiger partial charge in [-0.3, -0.25) is 0 Å². The molecule has 0 fully saturated rings. The van der Waals surface area contributed by atoms with E-state index in [1.165, 1.54) is 0 Å². The lowest BCUT2D eigenvalue weighted by Crippen LogP contribution is -2.34. The average molecular weight is 351 g/mol. The zero-order valence-electron chi connectivity index (χ0n) is 12.9. The van der Waals surface area contributed by atoms with Crippen molar-refractivity contribution in [2.75, 3.05) is 0 Å². The Morgan fingerprint density at radius 1 is 1.19 bits per heavy atom. The van der Waals surface area contributed by atoms with Gasteiger partial charge < -0.3 is 5.73 Å². The molecule has 2 aromatic rings. The lowest BCUT2D eigenvalue weighted by atomic mass is 9.98. The standard InChI is InChI=1S/C16H23BrN4/c1-4-13(18)16(11-9-7-8-10-12(11)17)21-15(6-3)19-14(5-2)20-21/h7-10,13,16H,4-6,18H2,1-3H3. The quantitative estimate of drug-likeness (QED) is 0.867. The molecule has 1 heterocycles. The number of rotatable bonds is 6. The summed E-state index contributed by atoms with van der Waals surface area (Å²) in [5.74, 6) is 1.88. The minimum atomic E-state index is 0.000376. The molecule has 0 saturated heterocycles. The minimum absolute atomic E-state index is 0.000376. The van der Waals surface area contributed by atoms with Gasteiger partial charge in [-0.25, -0.2) is 9.67 Å². The lowest BCUT2D eigenvalue weighted by molar-refractivity contribution is 0.408. The van der Waals surface area contributed by atoms with Crippen molar-refractivity contribution in [1.82, 2.24) is 14.8 Å². The van der Waals surface area contributed by atoms with Crippen LogP contribution in [0.15, 0.2) is 28.7 Å². The molecule has 0 aliphatic carbocycles. The van der Waals surface area contributed by atoms with E-state index in [1.807, 2.05) is 22.9 Å². The maximum Gasteiger partial charge on any atom is 0.150 e. The highest BCUT2D eigenvalue weighted by molar-refractivity contribution is 9.10. The van der Waals surface area contributed by atoms with Crippen LogP contribution in [0.2, 0.25) is 0 Å². The molecular formula is C16H23BrN4. The summed E-state index contributed by atoms with van der Waals surface area (Å²) in [6, 6.07) is 8.22. The first-order valence-electron chi connectivity index (χ1n) is 7.56. The molecule has 0 spiro atoms. The Kier molecular flexibility index (Phi) is 5.53. The van der Waals surface area contributed by atoms with Crippen LogP contribution in [0.5, 0.6) is 0 Å². The van der Waals surface area contributed by atoms with Crippen LogP contribution in [0.25, 0.3) is 0 Å². The lowest BCUT2D eigenvalue weighted by Gasteiger charge is -2.26. The van der Waals surface area contributed by atoms with Gasteiger partial charge in [-0.2, -0.15) is 5.10 Å². The van der Waals surface area contributed by atoms with Crippen LogP contribution in [-0.4, -0.2) is 20.8 Å². The topological polar surface area (TPSA) is 56.7 Å². The summed E-state index contributed by atoms with van der Waals surface area (Å²) < 4.78 is 3.09. The van der Waals surface area contributed by atoms with Gasteiger partial charge in [0.25, 0.3) is 0 Å². The van der Waals surface area contributed by atoms with E-state index in [9.17, 15) is 0 Å². The van der Waals surface area contributed by atoms with Crippen LogP contribution >= 0.6 is 15.9 Å². The number of hydrogen-bond acceptors (Lipinski definition) is 3. The second-order valence-electron chi connectivity index (χ2n) is 5.13. The van der Waals surface area contributed by atoms with E-state index in [4.69, 9.17) is 10.8 Å². The maximum absolute atomic E-state index is 6.42. The summed E-state index contributed by atoms with van der Waals surface area (Å²) >= 11 is 3.64. The number of nitrogens with zero attached hydrogens (tertiary/aromatic N) is 3. The van der Waals surface area contributed by atoms with Crippen LogP contribution in [0.3, 0.4) is 0 Å². The third-order valence-corrected chi connectivity index (χ3v) is 4.46. The molecule has 0 aliphatic heterocycles. The zero-order valence-corrected chi connectivity index (χ0v) is 14.5. The predicted octanol–water partition coefficient (Wildman–Crippen LogP) is 3.49. The van der Waals surface area contributed by atoms with E-state index >= 15 is 0 Å². The smallest absolute Gasteiger partial charge is 0.150 e. The molecule has 2 N–H and O–H groups in total. The highest BCUT2D eigenvalue weighted by Gasteiger charge is 2.26. The number of aromatic nitrogens is 3. The van der Waals surface area contributed by atoms with Crippen LogP contribution in [-0.2, 0) is 12.8 Å². The predicted molar refractivity (Wildman–Crippen MR) is 89.3 cm³/mol. The average Bonchev–Trinajstić information content (AvgIpc) is 2.92. The van der Waals surface area contributed by atoms with Crippen molar-refractivity contribution in [2.24, 2.45) is 5.73 Å². The summed E-state index contributed by atoms with van der Waals surface area (Å²) in [5.41, 5.74) is 7.58. The molecule has 21 heavy (non-hydrogen) atoms. The summed E-state index contributed by atoms with van der Waals surface area (Å²) in [7, 11) is 0. The normalized spacial score (nSPS) is 14.1. The molecule has 4 nitrogen and oxygen atoms in total. The fraction of sp³-hybridized carbons (Fsp3) is 0.500. The van der Waals surface area contributed by atoms with E-state index in [0.717, 1.165) is 40.9 Å². The molecule has 0 bridgehead atoms. The largest absolute Gasteiger partial charge is 0.326 e. The van der Waals surface area contributed by atoms with E-state index < -0.39 is 0 Å². The fourth-order valence-electron chi connectivity index (χ4n) is 2.50. The molecule has 2 atom stereocenters. The van der Waals surface area contributed by atoms with Crippen molar-refractivity contribution in [3.63, 3.8) is 0 Å². The Morgan fingerprint density at radius 2 is 1.90 bits per heavy atom. The number of aryl methyl sites for hydroxylation is 2. The van der Waals surface area contributed by atoms with Crippen molar-refractivity contribution in [3.8, 4) is 0 Å². The zero-order chi connectivity index (χ0) is 15.4. The van der Waals surface area contributed by atoms with Gasteiger partial charge in [0, 0.05) is 23.4 Å². The number of hydrogen-bond donors (Lipinski definition) is 1. The van der Waals surface area contributed by atoms with Crippen LogP contribution < -0.4 is 5.73 Å². The Hall–Kier alpha value is -1.20. The Morgan fingerprint density at radius 3 is 2.48 bits per heavy atom. The third kappa shape index (κ3) is 3.35. The molecule has 1 aromatic heterocycles. The van der Waals surface area contributed by atoms with Crippen molar-refractivity contribution in [1.29, 1.82) is 0 Å². The number of halogens is 1. The molecule has 0 radical (unpaired) electrons. The van der Waals surface area contributed by atoms with Crippen molar-refractivity contribution >= 4 is 15.9 Å². The van der Waals surface area contributed by atoms with Crippen LogP contribution in [0.1, 0.15) is 50.4 Å². The minimum Gasteiger partial charge on any atom is -0.326 e. The maximum atomic E-state index is 6.42. The highest BCUT2D eigenvalue weighted by Crippen LogP contribution is 2.30. The van der Waals surface area contributed by atoms with Crippen LogP contribution in [0.4, 0.5) is 0 Å². The van der Waals surface area contributed by atoms with Gasteiger partial charge in [-0.15, -0.1) is 0 Å². The summed E-state index contributed by atoms with van der Waals surface area (Å²) in [4.78, 5) is 4.62. The first-order chi connectivity index (χ1) is 10.1. The van der Waals surface area contributed by atoms with Crippen molar-refractivity contribution in [2.45, 2.75) is 52.1 Å². The first kappa shape index (κ1) is 16.2. The van der Waals surface area contributed by atoms with E-state index in [2.05, 4.69) is 47.8 Å². The van der Waals surface area contributed by atoms with Crippen LogP contribution in [0, 0.1) is 0 Å². The second kappa shape index (κ2) is 7.18. The van der Waals surface area contributed by atoms with Gasteiger partial charge in [0.2, 0.25) is 0 Å². The van der Waals surface area contributed by atoms with Crippen molar-refractivity contribution in [3.05, 3.63) is 46.0 Å². The van der Waals surface area contributed by atoms with Gasteiger partial charge in [0.15, 0.2) is 5.82 Å². The SMILES string of the molecule is CCc1nc(CC)n(C(c2ccccc2Br)C(N)CC)n1. The van der Waals surface area contributed by atoms with Gasteiger partial charge in [-0.1, -0.05) is 54.9 Å². The third-order valence-electron chi connectivity index (χ3n) is 3.74. The number of nitrogens with two attached hydrogens (primary N) is 1. The number of benzene rings is 1. The molecule has 114 valence electrons. The summed E-state index contributed by atoms with van der Waals surface area (Å²) in [6.07, 6.45) is 2.57. The first-order valence-corrected chi connectivity index (χ1v) is 8.35. The van der Waals surface area contributed by atoms with E-state index in [0.29, 0.717) is 0 Å². The molecule has 0 aliphatic rings. The summed E-state index contributed by atoms with van der Waals surface area (Å²) in [6.45, 7) is 6.29. The molecule has 5 heteroatoms. The Labute approximate surface area is 134 Å². The van der Waals surface area contributed by atoms with Gasteiger partial charge in [0.05, 0.1) is 6.04 Å². The van der Waals surface area contributed by atoms with E-state index in [1.54, 1.807) is 0 Å². The molecule has 1 aromatic carbocycles. The van der Waals surface area contributed by atoms with Gasteiger partial charge in [0.1, 0.15) is 5.82 Å². The Balaban J connectivity index is 2.56. The van der Waals surface area contributed by atoms with Gasteiger partial charge in [-0.05, 0) is 18.1 Å². The molecule has 2 rings (SSSR count). The molecule has 0 amide bonds. The summed E-state index contributed by atoms with van der Waals surface area (Å²) in [5, 5.41) is 4.69. The molecule has 0 saturated carbocycles. The monoisotopic (exact) mass is 350 g/mol. The Bertz CT molecular complexity index is 594. The van der Waals surface area contributed by atoms with E-state index in [-0.39, 0.29) is 12.1 Å². The fourth-order valence-corrected chi connectivity index (χ4v) is 3.02.